The SMILES string of the molecule is CC(C)(O)C#Cc1cnc(N)c(C(=O)Nc2ccccc2)n1.COC(=O)c1nccnc1N.Nc1ncc(Br)nc1C(=O)Nc1ccccc1.Nc1ncc(Br)nc1C(=O)O. The number of anilines is 6. The Bertz CT molecular complexity index is 2540. The van der Waals surface area contributed by atoms with Gasteiger partial charge < -0.3 is 48.5 Å². The lowest BCUT2D eigenvalue weighted by atomic mass is 10.1. The molecule has 61 heavy (non-hydrogen) atoms. The predicted molar refractivity (Wildman–Crippen MR) is 231 cm³/mol. The van der Waals surface area contributed by atoms with Crippen molar-refractivity contribution < 1.29 is 34.1 Å². The van der Waals surface area contributed by atoms with Gasteiger partial charge in [-0.3, -0.25) is 9.59 Å². The minimum atomic E-state index is -1.18. The van der Waals surface area contributed by atoms with Gasteiger partial charge in [-0.05, 0) is 75.9 Å². The third kappa shape index (κ3) is 16.2. The number of aromatic nitrogens is 8. The van der Waals surface area contributed by atoms with Gasteiger partial charge in [-0.15, -0.1) is 0 Å². The van der Waals surface area contributed by atoms with E-state index in [1.165, 1.54) is 38.1 Å². The number of carboxylic acids is 1. The minimum absolute atomic E-state index is 0.00796. The van der Waals surface area contributed by atoms with Crippen molar-refractivity contribution in [1.29, 1.82) is 0 Å². The number of carbonyl (C=O) groups excluding carboxylic acids is 3. The van der Waals surface area contributed by atoms with Crippen LogP contribution in [0.4, 0.5) is 34.6 Å². The summed E-state index contributed by atoms with van der Waals surface area (Å²) in [6.07, 6.45) is 6.91. The molecule has 0 saturated heterocycles. The van der Waals surface area contributed by atoms with Gasteiger partial charge >= 0.3 is 11.9 Å². The summed E-state index contributed by atoms with van der Waals surface area (Å²) >= 11 is 6.11. The number of hydrogen-bond donors (Lipinski definition) is 8. The number of methoxy groups -OCH3 is 1. The minimum Gasteiger partial charge on any atom is -0.476 e. The molecule has 6 aromatic rings. The van der Waals surface area contributed by atoms with Crippen LogP contribution < -0.4 is 33.6 Å². The maximum Gasteiger partial charge on any atom is 0.360 e. The highest BCUT2D eigenvalue weighted by atomic mass is 79.9. The van der Waals surface area contributed by atoms with E-state index in [0.29, 0.717) is 20.6 Å². The summed E-state index contributed by atoms with van der Waals surface area (Å²) in [5.74, 6) is 2.77. The van der Waals surface area contributed by atoms with Crippen LogP contribution in [0.3, 0.4) is 0 Å². The normalized spacial score (nSPS) is 9.93. The van der Waals surface area contributed by atoms with E-state index in [0.717, 1.165) is 0 Å². The van der Waals surface area contributed by atoms with E-state index in [4.69, 9.17) is 28.0 Å². The van der Waals surface area contributed by atoms with E-state index >= 15 is 0 Å². The topological polar surface area (TPSA) is 349 Å². The number of nitrogen functional groups attached to an aromatic ring is 4. The van der Waals surface area contributed by atoms with Crippen LogP contribution in [-0.2, 0) is 4.74 Å². The number of amides is 2. The van der Waals surface area contributed by atoms with Crippen molar-refractivity contribution >= 4 is 90.3 Å². The number of nitrogens with one attached hydrogen (secondary N) is 2. The van der Waals surface area contributed by atoms with Crippen LogP contribution in [0, 0.1) is 11.8 Å². The highest BCUT2D eigenvalue weighted by molar-refractivity contribution is 9.10. The van der Waals surface area contributed by atoms with Crippen molar-refractivity contribution in [2.75, 3.05) is 40.7 Å². The second-order valence-electron chi connectivity index (χ2n) is 11.9. The van der Waals surface area contributed by atoms with E-state index in [9.17, 15) is 24.3 Å². The third-order valence-electron chi connectivity index (χ3n) is 6.64. The molecule has 21 nitrogen and oxygen atoms in total. The van der Waals surface area contributed by atoms with Gasteiger partial charge in [-0.2, -0.15) is 0 Å². The van der Waals surface area contributed by atoms with Gasteiger partial charge in [-0.1, -0.05) is 42.3 Å². The molecule has 23 heteroatoms. The second-order valence-corrected chi connectivity index (χ2v) is 13.5. The number of ether oxygens (including phenoxy) is 1. The zero-order chi connectivity index (χ0) is 45.1. The Kier molecular flexibility index (Phi) is 18.0. The molecule has 12 N–H and O–H groups in total. The van der Waals surface area contributed by atoms with Crippen molar-refractivity contribution in [1.82, 2.24) is 39.9 Å². The Morgan fingerprint density at radius 2 is 1.07 bits per heavy atom. The molecule has 4 aromatic heterocycles. The van der Waals surface area contributed by atoms with Crippen LogP contribution in [-0.4, -0.2) is 86.5 Å². The first kappa shape index (κ1) is 47.7. The van der Waals surface area contributed by atoms with Gasteiger partial charge in [0.1, 0.15) is 20.5 Å². The molecule has 4 heterocycles. The van der Waals surface area contributed by atoms with Crippen molar-refractivity contribution in [3.8, 4) is 11.8 Å². The number of carboxylic acid groups (broad SMARTS) is 1. The van der Waals surface area contributed by atoms with Crippen LogP contribution in [0.15, 0.2) is 101 Å². The molecular formula is C38H36Br2N14O7. The van der Waals surface area contributed by atoms with Gasteiger partial charge in [0.25, 0.3) is 11.8 Å². The standard InChI is InChI=1S/C16H16N4O2.C11H9BrN4O.C6H7N3O2.C5H4BrN3O2/c1-16(2,22)9-8-12-10-18-14(17)13(19-12)15(21)20-11-6-4-3-5-7-11;12-8-6-14-10(13)9(16-8)11(17)15-7-4-2-1-3-5-7;1-11-6(10)4-5(7)9-3-2-8-4;6-2-1-8-4(7)3(9-2)5(10)11/h3-7,10,22H,1-2H3,(H2,17,18)(H,20,21);1-6H,(H2,13,14)(H,15,17);2-3H,1H3,(H2,7,9);1H,(H2,7,8)(H,10,11). The largest absolute Gasteiger partial charge is 0.476 e. The Balaban J connectivity index is 0.000000227. The van der Waals surface area contributed by atoms with E-state index in [2.05, 4.69) is 98.9 Å². The molecule has 0 spiro atoms. The van der Waals surface area contributed by atoms with Gasteiger partial charge in [0.05, 0.1) is 25.7 Å². The fourth-order valence-corrected chi connectivity index (χ4v) is 4.51. The number of carbonyl (C=O) groups is 4. The first-order chi connectivity index (χ1) is 28.9. The van der Waals surface area contributed by atoms with Gasteiger partial charge in [-0.25, -0.2) is 49.5 Å². The van der Waals surface area contributed by atoms with Crippen molar-refractivity contribution in [2.45, 2.75) is 19.4 Å². The Labute approximate surface area is 364 Å². The molecule has 0 aliphatic rings. The average molecular weight is 961 g/mol. The monoisotopic (exact) mass is 958 g/mol. The average Bonchev–Trinajstić information content (AvgIpc) is 3.23. The summed E-state index contributed by atoms with van der Waals surface area (Å²) < 4.78 is 5.21. The Morgan fingerprint density at radius 3 is 1.51 bits per heavy atom. The number of aromatic carboxylic acids is 1. The number of nitrogens with two attached hydrogens (primary N) is 4. The van der Waals surface area contributed by atoms with Crippen LogP contribution >= 0.6 is 31.9 Å². The third-order valence-corrected chi connectivity index (χ3v) is 7.41. The summed E-state index contributed by atoms with van der Waals surface area (Å²) in [5, 5.41) is 23.4. The molecule has 6 rings (SSSR count). The molecule has 0 atom stereocenters. The first-order valence-electron chi connectivity index (χ1n) is 16.9. The van der Waals surface area contributed by atoms with E-state index < -0.39 is 23.4 Å². The molecule has 0 bridgehead atoms. The van der Waals surface area contributed by atoms with Gasteiger partial charge in [0.2, 0.25) is 0 Å². The highest BCUT2D eigenvalue weighted by Crippen LogP contribution is 2.15. The van der Waals surface area contributed by atoms with E-state index in [1.807, 2.05) is 24.3 Å². The summed E-state index contributed by atoms with van der Waals surface area (Å²) in [4.78, 5) is 75.6. The predicted octanol–water partition coefficient (Wildman–Crippen LogP) is 3.87. The summed E-state index contributed by atoms with van der Waals surface area (Å²) in [6, 6.07) is 18.0. The van der Waals surface area contributed by atoms with E-state index in [1.54, 1.807) is 50.2 Å². The van der Waals surface area contributed by atoms with Crippen molar-refractivity contribution in [3.05, 3.63) is 129 Å². The molecule has 0 radical (unpaired) electrons. The van der Waals surface area contributed by atoms with Crippen LogP contribution in [0.25, 0.3) is 0 Å². The molecule has 0 saturated carbocycles. The molecule has 2 amide bonds. The Hall–Kier alpha value is -7.68. The zero-order valence-electron chi connectivity index (χ0n) is 32.2. The molecule has 0 aliphatic heterocycles. The lowest BCUT2D eigenvalue weighted by Gasteiger charge is -2.07. The summed E-state index contributed by atoms with van der Waals surface area (Å²) in [7, 11) is 1.26. The number of hydrogen-bond acceptors (Lipinski definition) is 18. The van der Waals surface area contributed by atoms with Crippen molar-refractivity contribution in [2.24, 2.45) is 0 Å². The van der Waals surface area contributed by atoms with Gasteiger partial charge in [0, 0.05) is 23.8 Å². The molecular weight excluding hydrogens is 924 g/mol. The molecule has 0 aliphatic carbocycles. The first-order valence-corrected chi connectivity index (χ1v) is 18.5. The van der Waals surface area contributed by atoms with E-state index in [-0.39, 0.29) is 57.6 Å². The molecule has 314 valence electrons. The smallest absolute Gasteiger partial charge is 0.360 e. The maximum atomic E-state index is 12.2. The summed E-state index contributed by atoms with van der Waals surface area (Å²) in [5.41, 5.74) is 22.1. The number of benzene rings is 2. The lowest BCUT2D eigenvalue weighted by Crippen LogP contribution is -2.18. The number of para-hydroxylation sites is 2. The maximum absolute atomic E-state index is 12.2. The fraction of sp³-hybridized carbons (Fsp3) is 0.105. The lowest BCUT2D eigenvalue weighted by molar-refractivity contribution is 0.0593. The zero-order valence-corrected chi connectivity index (χ0v) is 35.4. The van der Waals surface area contributed by atoms with Crippen LogP contribution in [0.2, 0.25) is 0 Å². The van der Waals surface area contributed by atoms with Gasteiger partial charge in [0.15, 0.2) is 46.0 Å². The Morgan fingerprint density at radius 1 is 0.639 bits per heavy atom. The molecule has 0 fully saturated rings. The molecule has 0 unspecified atom stereocenters. The van der Waals surface area contributed by atoms with Crippen LogP contribution in [0.5, 0.6) is 0 Å². The number of rotatable bonds is 6. The fourth-order valence-electron chi connectivity index (χ4n) is 3.95. The second kappa shape index (κ2) is 23.0. The quantitative estimate of drug-likeness (QED) is 0.0867. The van der Waals surface area contributed by atoms with Crippen LogP contribution in [0.1, 0.15) is 61.5 Å². The summed E-state index contributed by atoms with van der Waals surface area (Å²) in [6.45, 7) is 3.10. The number of halogens is 2. The number of aliphatic hydroxyl groups is 1. The highest BCUT2D eigenvalue weighted by Gasteiger charge is 2.16. The van der Waals surface area contributed by atoms with Crippen molar-refractivity contribution in [3.63, 3.8) is 0 Å². The molecule has 2 aromatic carbocycles. The number of esters is 1. The number of nitrogens with zero attached hydrogens (tertiary/aromatic N) is 8.